The van der Waals surface area contributed by atoms with Gasteiger partial charge in [-0.05, 0) is 35.8 Å². The predicted molar refractivity (Wildman–Crippen MR) is 132 cm³/mol. The van der Waals surface area contributed by atoms with Gasteiger partial charge in [0.15, 0.2) is 28.4 Å². The molecule has 2 aromatic carbocycles. The molecule has 2 aromatic rings. The number of anilines is 1. The van der Waals surface area contributed by atoms with Gasteiger partial charge in [-0.25, -0.2) is 26.7 Å². The van der Waals surface area contributed by atoms with Crippen LogP contribution in [0.2, 0.25) is 0 Å². The lowest BCUT2D eigenvalue weighted by atomic mass is 9.95. The van der Waals surface area contributed by atoms with Crippen LogP contribution in [-0.4, -0.2) is 56.7 Å². The Balaban J connectivity index is 1.51. The average molecular weight is 557 g/mol. The second kappa shape index (κ2) is 10.4. The third-order valence-electron chi connectivity index (χ3n) is 7.00. The molecule has 38 heavy (non-hydrogen) atoms. The smallest absolute Gasteiger partial charge is 0.335 e. The first-order valence-electron chi connectivity index (χ1n) is 11.8. The summed E-state index contributed by atoms with van der Waals surface area (Å²) in [5.41, 5.74) is -1.14. The molecular weight excluding hydrogens is 531 g/mol. The molecule has 13 heteroatoms. The lowest BCUT2D eigenvalue weighted by Crippen LogP contribution is -2.59. The number of thiocarbonyl (C=S) groups is 1. The van der Waals surface area contributed by atoms with Crippen molar-refractivity contribution in [3.63, 3.8) is 0 Å². The molecule has 0 saturated carbocycles. The number of carboxylic acids is 1. The fourth-order valence-corrected chi connectivity index (χ4v) is 5.10. The van der Waals surface area contributed by atoms with E-state index >= 15 is 0 Å². The summed E-state index contributed by atoms with van der Waals surface area (Å²) in [6, 6.07) is 5.75. The Bertz CT molecular complexity index is 1250. The number of nitrogens with one attached hydrogen (secondary N) is 2. The van der Waals surface area contributed by atoms with Crippen LogP contribution in [0.3, 0.4) is 0 Å². The van der Waals surface area contributed by atoms with Crippen LogP contribution in [0.25, 0.3) is 0 Å². The summed E-state index contributed by atoms with van der Waals surface area (Å²) in [6.45, 7) is 4.49. The first-order valence-corrected chi connectivity index (χ1v) is 12.3. The van der Waals surface area contributed by atoms with Crippen molar-refractivity contribution in [2.24, 2.45) is 5.92 Å². The maximum atomic E-state index is 14.1. The Hall–Kier alpha value is -3.32. The van der Waals surface area contributed by atoms with Gasteiger partial charge < -0.3 is 20.2 Å². The first kappa shape index (κ1) is 27.7. The molecule has 7 nitrogen and oxygen atoms in total. The van der Waals surface area contributed by atoms with Crippen molar-refractivity contribution >= 4 is 34.9 Å². The van der Waals surface area contributed by atoms with Crippen molar-refractivity contribution in [1.82, 2.24) is 15.1 Å². The van der Waals surface area contributed by atoms with Gasteiger partial charge in [0.1, 0.15) is 5.69 Å². The monoisotopic (exact) mass is 556 g/mol. The van der Waals surface area contributed by atoms with Crippen LogP contribution in [0.1, 0.15) is 42.6 Å². The third kappa shape index (κ3) is 4.92. The fourth-order valence-electron chi connectivity index (χ4n) is 4.82. The molecule has 2 saturated heterocycles. The molecule has 3 N–H and O–H groups in total. The van der Waals surface area contributed by atoms with Gasteiger partial charge in [-0.2, -0.15) is 0 Å². The second-order valence-electron chi connectivity index (χ2n) is 9.69. The highest BCUT2D eigenvalue weighted by Gasteiger charge is 2.52. The maximum Gasteiger partial charge on any atom is 0.335 e. The van der Waals surface area contributed by atoms with Gasteiger partial charge in [-0.15, -0.1) is 0 Å². The Labute approximate surface area is 220 Å². The summed E-state index contributed by atoms with van der Waals surface area (Å²) in [6.07, 6.45) is 0.711. The molecule has 0 aliphatic carbocycles. The minimum atomic E-state index is -2.26. The van der Waals surface area contributed by atoms with E-state index in [1.165, 1.54) is 17.0 Å². The number of benzene rings is 2. The van der Waals surface area contributed by atoms with Crippen LogP contribution in [-0.2, 0) is 11.3 Å². The zero-order valence-corrected chi connectivity index (χ0v) is 21.3. The van der Waals surface area contributed by atoms with Crippen LogP contribution in [0.4, 0.5) is 27.6 Å². The first-order chi connectivity index (χ1) is 17.9. The molecule has 0 radical (unpaired) electrons. The number of aromatic carboxylic acids is 1. The number of carboxylic acid groups (broad SMARTS) is 1. The van der Waals surface area contributed by atoms with Gasteiger partial charge in [0.05, 0.1) is 17.3 Å². The van der Waals surface area contributed by atoms with Crippen molar-refractivity contribution in [3.05, 3.63) is 64.5 Å². The van der Waals surface area contributed by atoms with E-state index in [0.717, 1.165) is 5.56 Å². The highest BCUT2D eigenvalue weighted by atomic mass is 32.1. The Morgan fingerprint density at radius 3 is 2.08 bits per heavy atom. The predicted octanol–water partition coefficient (Wildman–Crippen LogP) is 4.23. The lowest BCUT2D eigenvalue weighted by molar-refractivity contribution is -0.134. The number of amides is 1. The molecule has 2 aliphatic rings. The van der Waals surface area contributed by atoms with E-state index in [1.54, 1.807) is 17.0 Å². The van der Waals surface area contributed by atoms with Crippen LogP contribution < -0.4 is 10.6 Å². The molecule has 1 atom stereocenters. The SMILES string of the molecule is CC(C)C1NC2(CCN(C(=S)Nc3c(F)c(F)c(F)c(F)c3F)CC2)N(Cc2ccc(C(=O)O)cc2)C1=O. The third-order valence-corrected chi connectivity index (χ3v) is 7.36. The summed E-state index contributed by atoms with van der Waals surface area (Å²) in [7, 11) is 0. The van der Waals surface area contributed by atoms with Gasteiger partial charge in [-0.3, -0.25) is 10.1 Å². The number of nitrogens with zero attached hydrogens (tertiary/aromatic N) is 2. The van der Waals surface area contributed by atoms with Crippen molar-refractivity contribution in [2.75, 3.05) is 18.4 Å². The largest absolute Gasteiger partial charge is 0.478 e. The van der Waals surface area contributed by atoms with Gasteiger partial charge in [-0.1, -0.05) is 26.0 Å². The van der Waals surface area contributed by atoms with E-state index in [4.69, 9.17) is 17.3 Å². The number of carbonyl (C=O) groups excluding carboxylic acids is 1. The number of halogens is 5. The molecule has 2 heterocycles. The number of piperidine rings is 1. The van der Waals surface area contributed by atoms with E-state index in [0.29, 0.717) is 12.8 Å². The van der Waals surface area contributed by atoms with E-state index < -0.39 is 52.4 Å². The topological polar surface area (TPSA) is 84.9 Å². The molecule has 4 rings (SSSR count). The highest BCUT2D eigenvalue weighted by Crippen LogP contribution is 2.36. The summed E-state index contributed by atoms with van der Waals surface area (Å²) in [5, 5.41) is 14.5. The van der Waals surface area contributed by atoms with Crippen molar-refractivity contribution in [1.29, 1.82) is 0 Å². The summed E-state index contributed by atoms with van der Waals surface area (Å²) >= 11 is 5.21. The second-order valence-corrected chi connectivity index (χ2v) is 10.1. The Morgan fingerprint density at radius 2 is 1.58 bits per heavy atom. The number of hydrogen-bond donors (Lipinski definition) is 3. The number of carbonyl (C=O) groups is 2. The molecule has 1 unspecified atom stereocenters. The van der Waals surface area contributed by atoms with Crippen molar-refractivity contribution in [3.8, 4) is 0 Å². The minimum Gasteiger partial charge on any atom is -0.478 e. The number of rotatable bonds is 5. The van der Waals surface area contributed by atoms with Crippen LogP contribution in [0.15, 0.2) is 24.3 Å². The van der Waals surface area contributed by atoms with E-state index in [9.17, 15) is 31.5 Å². The summed E-state index contributed by atoms with van der Waals surface area (Å²) in [4.78, 5) is 27.8. The highest BCUT2D eigenvalue weighted by molar-refractivity contribution is 7.80. The molecule has 0 bridgehead atoms. The average Bonchev–Trinajstić information content (AvgIpc) is 3.16. The zero-order chi connectivity index (χ0) is 27.9. The van der Waals surface area contributed by atoms with E-state index in [2.05, 4.69) is 10.6 Å². The standard InChI is InChI=1S/C25H25F5N4O3S/c1-12(2)20-22(35)34(11-13-3-5-14(6-4-13)23(36)37)25(32-20)7-9-33(10-8-25)24(38)31-21-18(29)16(27)15(26)17(28)19(21)30/h3-6,12,20,32H,7-11H2,1-2H3,(H,31,38)(H,36,37). The summed E-state index contributed by atoms with van der Waals surface area (Å²) in [5.74, 6) is -11.6. The van der Waals surface area contributed by atoms with Crippen LogP contribution in [0.5, 0.6) is 0 Å². The quantitative estimate of drug-likeness (QED) is 0.220. The van der Waals surface area contributed by atoms with Gasteiger partial charge >= 0.3 is 5.97 Å². The molecule has 1 amide bonds. The fraction of sp³-hybridized carbons (Fsp3) is 0.400. The van der Waals surface area contributed by atoms with E-state index in [1.807, 2.05) is 13.8 Å². The van der Waals surface area contributed by atoms with Crippen LogP contribution >= 0.6 is 12.2 Å². The zero-order valence-electron chi connectivity index (χ0n) is 20.5. The summed E-state index contributed by atoms with van der Waals surface area (Å²) < 4.78 is 68.8. The van der Waals surface area contributed by atoms with Crippen molar-refractivity contribution in [2.45, 2.75) is 44.9 Å². The van der Waals surface area contributed by atoms with E-state index in [-0.39, 0.29) is 42.1 Å². The molecular formula is C25H25F5N4O3S. The maximum absolute atomic E-state index is 14.1. The Kier molecular flexibility index (Phi) is 7.62. The lowest BCUT2D eigenvalue weighted by Gasteiger charge is -2.45. The molecule has 0 aromatic heterocycles. The number of likely N-dealkylation sites (tertiary alicyclic amines) is 1. The van der Waals surface area contributed by atoms with Crippen LogP contribution in [0, 0.1) is 35.0 Å². The number of hydrogen-bond acceptors (Lipinski definition) is 4. The van der Waals surface area contributed by atoms with Gasteiger partial charge in [0, 0.05) is 32.5 Å². The minimum absolute atomic E-state index is 0.0197. The molecule has 204 valence electrons. The molecule has 2 fully saturated rings. The Morgan fingerprint density at radius 1 is 1.05 bits per heavy atom. The molecule has 2 aliphatic heterocycles. The molecule has 1 spiro atoms. The normalized spacial score (nSPS) is 18.9. The van der Waals surface area contributed by atoms with Gasteiger partial charge in [0.25, 0.3) is 0 Å². The van der Waals surface area contributed by atoms with Gasteiger partial charge in [0.2, 0.25) is 11.7 Å². The van der Waals surface area contributed by atoms with Crippen molar-refractivity contribution < 1.29 is 36.6 Å².